The molecule has 0 saturated heterocycles. The van der Waals surface area contributed by atoms with Crippen LogP contribution in [0.15, 0.2) is 54.7 Å². The highest BCUT2D eigenvalue weighted by Crippen LogP contribution is 2.34. The van der Waals surface area contributed by atoms with Crippen LogP contribution in [-0.2, 0) is 0 Å². The van der Waals surface area contributed by atoms with Crippen molar-refractivity contribution < 1.29 is 4.74 Å². The minimum atomic E-state index is 0.632. The molecule has 1 aromatic heterocycles. The molecule has 17 heavy (non-hydrogen) atoms. The van der Waals surface area contributed by atoms with E-state index in [2.05, 4.69) is 4.98 Å². The van der Waals surface area contributed by atoms with E-state index in [4.69, 9.17) is 16.3 Å². The van der Waals surface area contributed by atoms with Crippen LogP contribution in [0.1, 0.15) is 0 Å². The maximum Gasteiger partial charge on any atom is 0.146 e. The standard InChI is InChI=1S/C14H10ClNO/c15-14-11-8-9-16-12(11)6-7-13(14)17-10-4-2-1-3-5-10/h1-9,16H. The van der Waals surface area contributed by atoms with E-state index in [0.29, 0.717) is 10.8 Å². The molecule has 0 bridgehead atoms. The van der Waals surface area contributed by atoms with E-state index in [9.17, 15) is 0 Å². The molecule has 0 atom stereocenters. The molecule has 0 fully saturated rings. The third kappa shape index (κ3) is 1.87. The lowest BCUT2D eigenvalue weighted by Gasteiger charge is -2.07. The molecular formula is C14H10ClNO. The van der Waals surface area contributed by atoms with Crippen LogP contribution in [0.25, 0.3) is 10.9 Å². The van der Waals surface area contributed by atoms with E-state index < -0.39 is 0 Å². The van der Waals surface area contributed by atoms with Crippen LogP contribution in [0.2, 0.25) is 5.02 Å². The second kappa shape index (κ2) is 4.15. The number of H-pyrrole nitrogens is 1. The third-order valence-corrected chi connectivity index (χ3v) is 2.99. The molecule has 0 spiro atoms. The number of para-hydroxylation sites is 1. The highest BCUT2D eigenvalue weighted by Gasteiger charge is 2.07. The van der Waals surface area contributed by atoms with Crippen molar-refractivity contribution in [3.63, 3.8) is 0 Å². The van der Waals surface area contributed by atoms with Gasteiger partial charge in [-0.15, -0.1) is 0 Å². The van der Waals surface area contributed by atoms with Crippen molar-refractivity contribution in [3.05, 3.63) is 59.8 Å². The van der Waals surface area contributed by atoms with Gasteiger partial charge in [0.2, 0.25) is 0 Å². The van der Waals surface area contributed by atoms with Gasteiger partial charge in [-0.1, -0.05) is 29.8 Å². The molecule has 0 radical (unpaired) electrons. The maximum atomic E-state index is 6.29. The van der Waals surface area contributed by atoms with Crippen LogP contribution >= 0.6 is 11.6 Å². The zero-order valence-corrected chi connectivity index (χ0v) is 9.74. The summed E-state index contributed by atoms with van der Waals surface area (Å²) in [5.41, 5.74) is 1.01. The Morgan fingerprint density at radius 2 is 1.76 bits per heavy atom. The maximum absolute atomic E-state index is 6.29. The van der Waals surface area contributed by atoms with Gasteiger partial charge in [0, 0.05) is 17.1 Å². The van der Waals surface area contributed by atoms with Crippen molar-refractivity contribution in [2.24, 2.45) is 0 Å². The number of rotatable bonds is 2. The largest absolute Gasteiger partial charge is 0.456 e. The number of fused-ring (bicyclic) bond motifs is 1. The lowest BCUT2D eigenvalue weighted by Crippen LogP contribution is -1.85. The first-order chi connectivity index (χ1) is 8.34. The van der Waals surface area contributed by atoms with Crippen LogP contribution in [-0.4, -0.2) is 4.98 Å². The van der Waals surface area contributed by atoms with Crippen molar-refractivity contribution in [1.29, 1.82) is 0 Å². The first kappa shape index (κ1) is 10.2. The summed E-state index contributed by atoms with van der Waals surface area (Å²) in [4.78, 5) is 3.11. The Hall–Kier alpha value is -1.93. The molecule has 2 aromatic carbocycles. The average molecular weight is 244 g/mol. The van der Waals surface area contributed by atoms with Crippen LogP contribution < -0.4 is 4.74 Å². The fraction of sp³-hybridized carbons (Fsp3) is 0. The quantitative estimate of drug-likeness (QED) is 0.698. The van der Waals surface area contributed by atoms with E-state index in [1.165, 1.54) is 0 Å². The zero-order chi connectivity index (χ0) is 11.7. The van der Waals surface area contributed by atoms with Gasteiger partial charge in [0.1, 0.15) is 11.5 Å². The number of hydrogen-bond donors (Lipinski definition) is 1. The SMILES string of the molecule is Clc1c(Oc2ccccc2)ccc2[nH]ccc12. The van der Waals surface area contributed by atoms with Gasteiger partial charge in [0.05, 0.1) is 5.02 Å². The highest BCUT2D eigenvalue weighted by atomic mass is 35.5. The molecule has 3 heteroatoms. The molecule has 1 N–H and O–H groups in total. The van der Waals surface area contributed by atoms with Crippen LogP contribution in [0.4, 0.5) is 0 Å². The molecule has 0 amide bonds. The Morgan fingerprint density at radius 1 is 0.941 bits per heavy atom. The molecule has 0 unspecified atom stereocenters. The van der Waals surface area contributed by atoms with Gasteiger partial charge in [-0.25, -0.2) is 0 Å². The second-order valence-electron chi connectivity index (χ2n) is 3.73. The molecule has 3 aromatic rings. The average Bonchev–Trinajstić information content (AvgIpc) is 2.83. The summed E-state index contributed by atoms with van der Waals surface area (Å²) in [5.74, 6) is 1.45. The van der Waals surface area contributed by atoms with Crippen LogP contribution in [0.3, 0.4) is 0 Å². The molecule has 0 aliphatic carbocycles. The number of hydrogen-bond acceptors (Lipinski definition) is 1. The predicted molar refractivity (Wildman–Crippen MR) is 69.8 cm³/mol. The fourth-order valence-corrected chi connectivity index (χ4v) is 2.04. The van der Waals surface area contributed by atoms with Crippen molar-refractivity contribution in [1.82, 2.24) is 4.98 Å². The summed E-state index contributed by atoms with van der Waals surface area (Å²) in [6, 6.07) is 15.4. The Morgan fingerprint density at radius 3 is 2.59 bits per heavy atom. The van der Waals surface area contributed by atoms with Crippen LogP contribution in [0, 0.1) is 0 Å². The number of halogens is 1. The van der Waals surface area contributed by atoms with E-state index >= 15 is 0 Å². The first-order valence-corrected chi connectivity index (χ1v) is 5.71. The molecule has 0 aliphatic rings. The molecule has 1 heterocycles. The highest BCUT2D eigenvalue weighted by molar-refractivity contribution is 6.36. The number of ether oxygens (including phenoxy) is 1. The van der Waals surface area contributed by atoms with Gasteiger partial charge in [0.25, 0.3) is 0 Å². The number of aromatic nitrogens is 1. The summed E-state index contributed by atoms with van der Waals surface area (Å²) >= 11 is 6.29. The lowest BCUT2D eigenvalue weighted by molar-refractivity contribution is 0.483. The summed E-state index contributed by atoms with van der Waals surface area (Å²) in [7, 11) is 0. The van der Waals surface area contributed by atoms with E-state index in [0.717, 1.165) is 16.7 Å². The van der Waals surface area contributed by atoms with Crippen molar-refractivity contribution >= 4 is 22.5 Å². The molecule has 84 valence electrons. The van der Waals surface area contributed by atoms with Gasteiger partial charge in [0.15, 0.2) is 0 Å². The fourth-order valence-electron chi connectivity index (χ4n) is 1.77. The Labute approximate surface area is 104 Å². The van der Waals surface area contributed by atoms with Crippen molar-refractivity contribution in [2.45, 2.75) is 0 Å². The summed E-state index contributed by atoms with van der Waals surface area (Å²) in [6.45, 7) is 0. The molecule has 3 rings (SSSR count). The van der Waals surface area contributed by atoms with E-state index in [1.807, 2.05) is 54.7 Å². The minimum Gasteiger partial charge on any atom is -0.456 e. The topological polar surface area (TPSA) is 25.0 Å². The van der Waals surface area contributed by atoms with Gasteiger partial charge in [-0.3, -0.25) is 0 Å². The summed E-state index contributed by atoms with van der Waals surface area (Å²) < 4.78 is 5.74. The smallest absolute Gasteiger partial charge is 0.146 e. The summed E-state index contributed by atoms with van der Waals surface area (Å²) in [6.07, 6.45) is 1.86. The van der Waals surface area contributed by atoms with Crippen molar-refractivity contribution in [3.8, 4) is 11.5 Å². The normalized spacial score (nSPS) is 10.6. The molecular weight excluding hydrogens is 234 g/mol. The third-order valence-electron chi connectivity index (χ3n) is 2.60. The second-order valence-corrected chi connectivity index (χ2v) is 4.11. The van der Waals surface area contributed by atoms with Gasteiger partial charge in [-0.05, 0) is 30.3 Å². The number of benzene rings is 2. The molecule has 2 nitrogen and oxygen atoms in total. The Balaban J connectivity index is 2.03. The van der Waals surface area contributed by atoms with E-state index in [1.54, 1.807) is 0 Å². The van der Waals surface area contributed by atoms with Crippen LogP contribution in [0.5, 0.6) is 11.5 Å². The minimum absolute atomic E-state index is 0.632. The molecule has 0 aliphatic heterocycles. The Kier molecular flexibility index (Phi) is 2.50. The van der Waals surface area contributed by atoms with Crippen molar-refractivity contribution in [2.75, 3.05) is 0 Å². The first-order valence-electron chi connectivity index (χ1n) is 5.33. The Bertz CT molecular complexity index is 646. The predicted octanol–water partition coefficient (Wildman–Crippen LogP) is 4.61. The summed E-state index contributed by atoms with van der Waals surface area (Å²) in [5, 5.41) is 1.60. The number of nitrogens with one attached hydrogen (secondary N) is 1. The van der Waals surface area contributed by atoms with Gasteiger partial charge >= 0.3 is 0 Å². The lowest BCUT2D eigenvalue weighted by atomic mass is 10.2. The number of aromatic amines is 1. The van der Waals surface area contributed by atoms with Gasteiger partial charge < -0.3 is 9.72 Å². The van der Waals surface area contributed by atoms with E-state index in [-0.39, 0.29) is 0 Å². The molecule has 0 saturated carbocycles. The van der Waals surface area contributed by atoms with Gasteiger partial charge in [-0.2, -0.15) is 0 Å². The zero-order valence-electron chi connectivity index (χ0n) is 8.98. The monoisotopic (exact) mass is 243 g/mol.